The molecule has 7 heteroatoms. The summed E-state index contributed by atoms with van der Waals surface area (Å²) in [5.41, 5.74) is 5.16. The number of aromatic nitrogens is 4. The van der Waals surface area contributed by atoms with Crippen molar-refractivity contribution in [2.75, 3.05) is 24.5 Å². The van der Waals surface area contributed by atoms with Gasteiger partial charge in [-0.25, -0.2) is 0 Å². The normalized spacial score (nSPS) is 21.3. The van der Waals surface area contributed by atoms with E-state index in [1.807, 2.05) is 22.0 Å². The Morgan fingerprint density at radius 2 is 2.00 bits per heavy atom. The van der Waals surface area contributed by atoms with Gasteiger partial charge in [-0.05, 0) is 37.7 Å². The third-order valence-electron chi connectivity index (χ3n) is 6.11. The maximum Gasteiger partial charge on any atom is 0.227 e. The Labute approximate surface area is 153 Å². The van der Waals surface area contributed by atoms with Crippen LogP contribution in [0, 0.1) is 0 Å². The molecule has 4 heterocycles. The number of carbonyl (C=O) groups is 1. The Balaban J connectivity index is 1.23. The van der Waals surface area contributed by atoms with Crippen molar-refractivity contribution in [3.8, 4) is 0 Å². The zero-order valence-electron chi connectivity index (χ0n) is 15.4. The fourth-order valence-corrected chi connectivity index (χ4v) is 4.58. The highest BCUT2D eigenvalue weighted by Crippen LogP contribution is 2.29. The van der Waals surface area contributed by atoms with E-state index in [9.17, 15) is 4.79 Å². The lowest BCUT2D eigenvalue weighted by Gasteiger charge is -2.39. The second kappa shape index (κ2) is 6.23. The van der Waals surface area contributed by atoms with Crippen LogP contribution in [0.3, 0.4) is 0 Å². The monoisotopic (exact) mass is 354 g/mol. The number of aryl methyl sites for hydroxylation is 2. The third kappa shape index (κ3) is 2.65. The largest absolute Gasteiger partial charge is 0.309 e. The van der Waals surface area contributed by atoms with Crippen molar-refractivity contribution in [1.29, 1.82) is 0 Å². The van der Waals surface area contributed by atoms with Gasteiger partial charge in [-0.15, -0.1) is 0 Å². The maximum atomic E-state index is 11.9. The molecule has 5 rings (SSSR count). The molecular formula is C19H26N6O. The van der Waals surface area contributed by atoms with E-state index in [1.54, 1.807) is 0 Å². The number of fused-ring (bicyclic) bond motifs is 1. The molecule has 26 heavy (non-hydrogen) atoms. The number of carbonyl (C=O) groups excluding carboxylic acids is 1. The Morgan fingerprint density at radius 1 is 1.15 bits per heavy atom. The van der Waals surface area contributed by atoms with Crippen LogP contribution in [0.5, 0.6) is 0 Å². The lowest BCUT2D eigenvalue weighted by Crippen LogP contribution is -2.47. The summed E-state index contributed by atoms with van der Waals surface area (Å²) in [6.45, 7) is 3.82. The molecule has 0 atom stereocenters. The lowest BCUT2D eigenvalue weighted by atomic mass is 9.95. The molecule has 0 N–H and O–H groups in total. The molecular weight excluding hydrogens is 328 g/mol. The summed E-state index contributed by atoms with van der Waals surface area (Å²) in [6, 6.07) is 0.408. The Kier molecular flexibility index (Phi) is 3.85. The minimum absolute atomic E-state index is 0.223. The van der Waals surface area contributed by atoms with Gasteiger partial charge in [0.1, 0.15) is 0 Å². The lowest BCUT2D eigenvalue weighted by molar-refractivity contribution is -0.117. The van der Waals surface area contributed by atoms with E-state index in [4.69, 9.17) is 5.10 Å². The van der Waals surface area contributed by atoms with Gasteiger partial charge in [-0.3, -0.25) is 19.1 Å². The van der Waals surface area contributed by atoms with Gasteiger partial charge < -0.3 is 4.90 Å². The summed E-state index contributed by atoms with van der Waals surface area (Å²) >= 11 is 0. The van der Waals surface area contributed by atoms with E-state index < -0.39 is 0 Å². The fourth-order valence-electron chi connectivity index (χ4n) is 4.58. The SMILES string of the molecule is Cn1nc2c(c1CN1CC(n3cc(N4CCCC4=O)cn3)C1)CCCC2. The number of anilines is 1. The average Bonchev–Trinajstić information content (AvgIpc) is 3.29. The van der Waals surface area contributed by atoms with Gasteiger partial charge in [-0.2, -0.15) is 10.2 Å². The zero-order valence-corrected chi connectivity index (χ0v) is 15.4. The van der Waals surface area contributed by atoms with Crippen molar-refractivity contribution in [1.82, 2.24) is 24.5 Å². The van der Waals surface area contributed by atoms with E-state index in [1.165, 1.54) is 36.2 Å². The van der Waals surface area contributed by atoms with Gasteiger partial charge in [0.15, 0.2) is 0 Å². The van der Waals surface area contributed by atoms with Crippen molar-refractivity contribution in [2.24, 2.45) is 7.05 Å². The quantitative estimate of drug-likeness (QED) is 0.838. The van der Waals surface area contributed by atoms with E-state index in [0.29, 0.717) is 12.5 Å². The van der Waals surface area contributed by atoms with Crippen LogP contribution in [-0.2, 0) is 31.2 Å². The first-order chi connectivity index (χ1) is 12.7. The number of hydrogen-bond donors (Lipinski definition) is 0. The van der Waals surface area contributed by atoms with Crippen LogP contribution in [0.25, 0.3) is 0 Å². The molecule has 2 fully saturated rings. The molecule has 1 amide bonds. The standard InChI is InChI=1S/C19H26N6O/c1-22-18(16-5-2-3-6-17(16)21-22)13-23-10-15(11-23)25-12-14(9-20-25)24-8-4-7-19(24)26/h9,12,15H,2-8,10-11,13H2,1H3. The van der Waals surface area contributed by atoms with Crippen LogP contribution < -0.4 is 4.90 Å². The summed E-state index contributed by atoms with van der Waals surface area (Å²) in [5, 5.41) is 9.24. The zero-order chi connectivity index (χ0) is 17.7. The summed E-state index contributed by atoms with van der Waals surface area (Å²) in [5.74, 6) is 0.223. The molecule has 2 aliphatic heterocycles. The number of nitrogens with zero attached hydrogens (tertiary/aromatic N) is 6. The molecule has 3 aliphatic rings. The second-order valence-electron chi connectivity index (χ2n) is 7.88. The van der Waals surface area contributed by atoms with Crippen molar-refractivity contribution in [3.63, 3.8) is 0 Å². The third-order valence-corrected chi connectivity index (χ3v) is 6.11. The molecule has 1 aliphatic carbocycles. The smallest absolute Gasteiger partial charge is 0.227 e. The van der Waals surface area contributed by atoms with Crippen LogP contribution >= 0.6 is 0 Å². The maximum absolute atomic E-state index is 11.9. The highest BCUT2D eigenvalue weighted by atomic mass is 16.2. The minimum Gasteiger partial charge on any atom is -0.309 e. The topological polar surface area (TPSA) is 59.2 Å². The predicted molar refractivity (Wildman–Crippen MR) is 98.0 cm³/mol. The van der Waals surface area contributed by atoms with E-state index >= 15 is 0 Å². The Hall–Kier alpha value is -2.15. The van der Waals surface area contributed by atoms with Crippen LogP contribution in [0.15, 0.2) is 12.4 Å². The van der Waals surface area contributed by atoms with Gasteiger partial charge in [0.05, 0.1) is 29.3 Å². The first kappa shape index (κ1) is 16.1. The van der Waals surface area contributed by atoms with E-state index in [0.717, 1.165) is 44.7 Å². The van der Waals surface area contributed by atoms with Gasteiger partial charge >= 0.3 is 0 Å². The Morgan fingerprint density at radius 3 is 2.81 bits per heavy atom. The van der Waals surface area contributed by atoms with Crippen molar-refractivity contribution < 1.29 is 4.79 Å². The fraction of sp³-hybridized carbons (Fsp3) is 0.632. The number of rotatable bonds is 4. The van der Waals surface area contributed by atoms with Gasteiger partial charge in [0, 0.05) is 45.8 Å². The van der Waals surface area contributed by atoms with Crippen molar-refractivity contribution >= 4 is 11.6 Å². The molecule has 2 aromatic heterocycles. The molecule has 0 radical (unpaired) electrons. The van der Waals surface area contributed by atoms with Crippen LogP contribution in [0.4, 0.5) is 5.69 Å². The van der Waals surface area contributed by atoms with Gasteiger partial charge in [0.2, 0.25) is 5.91 Å². The highest BCUT2D eigenvalue weighted by Gasteiger charge is 2.32. The summed E-state index contributed by atoms with van der Waals surface area (Å²) in [6.07, 6.45) is 10.4. The number of likely N-dealkylation sites (tertiary alicyclic amines) is 1. The highest BCUT2D eigenvalue weighted by molar-refractivity contribution is 5.95. The van der Waals surface area contributed by atoms with Crippen LogP contribution in [0.2, 0.25) is 0 Å². The molecule has 0 spiro atoms. The Bertz CT molecular complexity index is 831. The molecule has 0 saturated carbocycles. The van der Waals surface area contributed by atoms with Crippen molar-refractivity contribution in [2.45, 2.75) is 51.1 Å². The summed E-state index contributed by atoms with van der Waals surface area (Å²) < 4.78 is 4.13. The van der Waals surface area contributed by atoms with Gasteiger partial charge in [0.25, 0.3) is 0 Å². The van der Waals surface area contributed by atoms with Crippen LogP contribution in [0.1, 0.15) is 48.7 Å². The van der Waals surface area contributed by atoms with E-state index in [-0.39, 0.29) is 5.91 Å². The molecule has 2 aromatic rings. The summed E-state index contributed by atoms with van der Waals surface area (Å²) in [4.78, 5) is 16.2. The van der Waals surface area contributed by atoms with E-state index in [2.05, 4.69) is 21.7 Å². The van der Waals surface area contributed by atoms with Crippen LogP contribution in [-0.4, -0.2) is 50.0 Å². The first-order valence-corrected chi connectivity index (χ1v) is 9.79. The molecule has 2 saturated heterocycles. The predicted octanol–water partition coefficient (Wildman–Crippen LogP) is 1.68. The number of hydrogen-bond acceptors (Lipinski definition) is 4. The molecule has 0 unspecified atom stereocenters. The first-order valence-electron chi connectivity index (χ1n) is 9.79. The minimum atomic E-state index is 0.223. The summed E-state index contributed by atoms with van der Waals surface area (Å²) in [7, 11) is 2.08. The average molecular weight is 354 g/mol. The van der Waals surface area contributed by atoms with Crippen molar-refractivity contribution in [3.05, 3.63) is 29.3 Å². The molecule has 138 valence electrons. The number of amides is 1. The molecule has 0 aromatic carbocycles. The van der Waals surface area contributed by atoms with Gasteiger partial charge in [-0.1, -0.05) is 0 Å². The second-order valence-corrected chi connectivity index (χ2v) is 7.88. The molecule has 7 nitrogen and oxygen atoms in total. The molecule has 0 bridgehead atoms.